The number of aliphatic hydroxyl groups excluding tert-OH is 1. The minimum absolute atomic E-state index is 0.176. The van der Waals surface area contributed by atoms with Gasteiger partial charge in [-0.05, 0) is 24.4 Å². The van der Waals surface area contributed by atoms with Gasteiger partial charge in [0.05, 0.1) is 12.8 Å². The molecule has 1 aromatic carbocycles. The summed E-state index contributed by atoms with van der Waals surface area (Å²) in [6.07, 6.45) is 0. The normalized spacial score (nSPS) is 10.4. The predicted molar refractivity (Wildman–Crippen MR) is 61.2 cm³/mol. The van der Waals surface area contributed by atoms with Gasteiger partial charge in [-0.15, -0.1) is 0 Å². The molecule has 6 heteroatoms. The largest absolute Gasteiger partial charge is 0.497 e. The summed E-state index contributed by atoms with van der Waals surface area (Å²) >= 11 is 5.09. The van der Waals surface area contributed by atoms with E-state index >= 15 is 0 Å². The van der Waals surface area contributed by atoms with E-state index in [1.807, 2.05) is 24.3 Å². The maximum absolute atomic E-state index is 9.14. The van der Waals surface area contributed by atoms with Gasteiger partial charge in [-0.3, -0.25) is 9.67 Å². The first-order valence-corrected chi connectivity index (χ1v) is 5.08. The summed E-state index contributed by atoms with van der Waals surface area (Å²) in [6.45, 7) is -0.176. The summed E-state index contributed by atoms with van der Waals surface area (Å²) < 4.78 is 7.23. The lowest BCUT2D eigenvalue weighted by Crippen LogP contribution is -2.01. The Hall–Kier alpha value is -1.66. The van der Waals surface area contributed by atoms with Crippen LogP contribution in [0.2, 0.25) is 0 Å². The lowest BCUT2D eigenvalue weighted by Gasteiger charge is -2.06. The highest BCUT2D eigenvalue weighted by Gasteiger charge is 2.07. The van der Waals surface area contributed by atoms with Crippen molar-refractivity contribution >= 4 is 12.2 Å². The molecule has 0 amide bonds. The highest BCUT2D eigenvalue weighted by molar-refractivity contribution is 7.71. The fourth-order valence-electron chi connectivity index (χ4n) is 1.45. The zero-order valence-electron chi connectivity index (χ0n) is 8.67. The van der Waals surface area contributed by atoms with Gasteiger partial charge in [0.25, 0.3) is 0 Å². The minimum Gasteiger partial charge on any atom is -0.497 e. The number of rotatable bonds is 3. The Balaban J connectivity index is 2.57. The monoisotopic (exact) mass is 237 g/mol. The van der Waals surface area contributed by atoms with Crippen LogP contribution in [-0.4, -0.2) is 27.0 Å². The van der Waals surface area contributed by atoms with Gasteiger partial charge in [0.2, 0.25) is 0 Å². The van der Waals surface area contributed by atoms with Crippen LogP contribution >= 0.6 is 12.2 Å². The molecule has 0 saturated heterocycles. The molecule has 84 valence electrons. The van der Waals surface area contributed by atoms with E-state index < -0.39 is 0 Å². The lowest BCUT2D eigenvalue weighted by molar-refractivity contribution is 0.268. The van der Waals surface area contributed by atoms with Crippen molar-refractivity contribution in [3.05, 3.63) is 34.9 Å². The summed E-state index contributed by atoms with van der Waals surface area (Å²) in [5.41, 5.74) is 0.808. The third-order valence-electron chi connectivity index (χ3n) is 2.19. The Morgan fingerprint density at radius 2 is 2.38 bits per heavy atom. The Labute approximate surface area is 97.3 Å². The number of aromatic nitrogens is 3. The number of nitrogens with zero attached hydrogens (tertiary/aromatic N) is 2. The van der Waals surface area contributed by atoms with Crippen LogP contribution in [0, 0.1) is 4.77 Å². The van der Waals surface area contributed by atoms with Gasteiger partial charge in [0.15, 0.2) is 10.6 Å². The average molecular weight is 237 g/mol. The second-order valence-corrected chi connectivity index (χ2v) is 3.53. The van der Waals surface area contributed by atoms with Crippen molar-refractivity contribution in [2.75, 3.05) is 7.11 Å². The maximum atomic E-state index is 9.14. The maximum Gasteiger partial charge on any atom is 0.199 e. The first-order chi connectivity index (χ1) is 7.76. The number of hydrogen-bond donors (Lipinski definition) is 2. The van der Waals surface area contributed by atoms with Crippen molar-refractivity contribution in [2.45, 2.75) is 6.61 Å². The first-order valence-electron chi connectivity index (χ1n) is 4.68. The molecule has 1 aromatic heterocycles. The summed E-state index contributed by atoms with van der Waals surface area (Å²) in [4.78, 5) is 0. The number of H-pyrrole nitrogens is 1. The highest BCUT2D eigenvalue weighted by atomic mass is 32.1. The highest BCUT2D eigenvalue weighted by Crippen LogP contribution is 2.17. The Morgan fingerprint density at radius 1 is 1.56 bits per heavy atom. The van der Waals surface area contributed by atoms with Gasteiger partial charge in [-0.2, -0.15) is 5.10 Å². The van der Waals surface area contributed by atoms with Crippen LogP contribution in [0.5, 0.6) is 5.75 Å². The summed E-state index contributed by atoms with van der Waals surface area (Å²) in [6, 6.07) is 7.38. The number of aromatic amines is 1. The molecule has 2 aromatic rings. The molecule has 0 bridgehead atoms. The zero-order valence-corrected chi connectivity index (χ0v) is 9.49. The van der Waals surface area contributed by atoms with Gasteiger partial charge in [0, 0.05) is 6.07 Å². The summed E-state index contributed by atoms with van der Waals surface area (Å²) in [5, 5.41) is 15.7. The topological polar surface area (TPSA) is 63.1 Å². The van der Waals surface area contributed by atoms with E-state index in [-0.39, 0.29) is 6.61 Å². The fourth-order valence-corrected chi connectivity index (χ4v) is 1.71. The third-order valence-corrected chi connectivity index (χ3v) is 2.47. The second kappa shape index (κ2) is 4.46. The van der Waals surface area contributed by atoms with Gasteiger partial charge in [0.1, 0.15) is 12.4 Å². The molecule has 0 radical (unpaired) electrons. The zero-order chi connectivity index (χ0) is 11.5. The molecule has 5 nitrogen and oxygen atoms in total. The average Bonchev–Trinajstić information content (AvgIpc) is 2.70. The first kappa shape index (κ1) is 10.8. The molecule has 0 saturated carbocycles. The van der Waals surface area contributed by atoms with E-state index in [4.69, 9.17) is 22.1 Å². The smallest absolute Gasteiger partial charge is 0.199 e. The van der Waals surface area contributed by atoms with E-state index in [0.29, 0.717) is 10.6 Å². The van der Waals surface area contributed by atoms with Gasteiger partial charge in [-0.1, -0.05) is 6.07 Å². The Bertz CT molecular complexity index is 547. The number of hydrogen-bond acceptors (Lipinski definition) is 4. The standard InChI is InChI=1S/C10H11N3O2S/c1-15-8-4-2-3-7(5-8)13-9(6-14)11-12-10(13)16/h2-5,14H,6H2,1H3,(H,12,16). The van der Waals surface area contributed by atoms with Crippen LogP contribution in [0.15, 0.2) is 24.3 Å². The predicted octanol–water partition coefficient (Wildman–Crippen LogP) is 1.43. The van der Waals surface area contributed by atoms with Crippen molar-refractivity contribution in [1.82, 2.24) is 14.8 Å². The molecule has 0 spiro atoms. The molecular formula is C10H11N3O2S. The van der Waals surface area contributed by atoms with Gasteiger partial charge < -0.3 is 9.84 Å². The molecule has 0 aliphatic rings. The van der Waals surface area contributed by atoms with Crippen LogP contribution in [0.25, 0.3) is 5.69 Å². The fraction of sp³-hybridized carbons (Fsp3) is 0.200. The summed E-state index contributed by atoms with van der Waals surface area (Å²) in [7, 11) is 1.60. The number of nitrogens with one attached hydrogen (secondary N) is 1. The number of ether oxygens (including phenoxy) is 1. The molecule has 16 heavy (non-hydrogen) atoms. The van der Waals surface area contributed by atoms with E-state index in [1.165, 1.54) is 0 Å². The van der Waals surface area contributed by atoms with Crippen molar-refractivity contribution in [1.29, 1.82) is 0 Å². The Kier molecular flexibility index (Phi) is 3.02. The van der Waals surface area contributed by atoms with E-state index in [2.05, 4.69) is 10.2 Å². The molecule has 0 fully saturated rings. The molecule has 2 rings (SSSR count). The quantitative estimate of drug-likeness (QED) is 0.793. The molecule has 0 atom stereocenters. The van der Waals surface area contributed by atoms with Gasteiger partial charge >= 0.3 is 0 Å². The lowest BCUT2D eigenvalue weighted by atomic mass is 10.3. The Morgan fingerprint density at radius 3 is 3.06 bits per heavy atom. The van der Waals surface area contributed by atoms with Crippen LogP contribution < -0.4 is 4.74 Å². The van der Waals surface area contributed by atoms with Crippen molar-refractivity contribution in [2.24, 2.45) is 0 Å². The molecule has 0 aliphatic carbocycles. The molecule has 2 N–H and O–H groups in total. The molecule has 1 heterocycles. The van der Waals surface area contributed by atoms with Crippen molar-refractivity contribution < 1.29 is 9.84 Å². The minimum atomic E-state index is -0.176. The number of methoxy groups -OCH3 is 1. The van der Waals surface area contributed by atoms with Crippen LogP contribution in [0.1, 0.15) is 5.82 Å². The third kappa shape index (κ3) is 1.84. The molecular weight excluding hydrogens is 226 g/mol. The van der Waals surface area contributed by atoms with E-state index in [0.717, 1.165) is 11.4 Å². The van der Waals surface area contributed by atoms with Crippen molar-refractivity contribution in [3.63, 3.8) is 0 Å². The number of benzene rings is 1. The van der Waals surface area contributed by atoms with Gasteiger partial charge in [-0.25, -0.2) is 0 Å². The van der Waals surface area contributed by atoms with Crippen LogP contribution in [0.3, 0.4) is 0 Å². The SMILES string of the molecule is COc1cccc(-n2c(CO)n[nH]c2=S)c1. The van der Waals surface area contributed by atoms with E-state index in [1.54, 1.807) is 11.7 Å². The summed E-state index contributed by atoms with van der Waals surface area (Å²) in [5.74, 6) is 1.20. The van der Waals surface area contributed by atoms with Crippen molar-refractivity contribution in [3.8, 4) is 11.4 Å². The molecule has 0 aliphatic heterocycles. The molecule has 0 unspecified atom stereocenters. The number of aliphatic hydroxyl groups is 1. The van der Waals surface area contributed by atoms with E-state index in [9.17, 15) is 0 Å². The van der Waals surface area contributed by atoms with Crippen LogP contribution in [-0.2, 0) is 6.61 Å². The van der Waals surface area contributed by atoms with Crippen LogP contribution in [0.4, 0.5) is 0 Å². The second-order valence-electron chi connectivity index (χ2n) is 3.14.